The van der Waals surface area contributed by atoms with Gasteiger partial charge in [-0.1, -0.05) is 55.5 Å². The maximum atomic E-state index is 11.6. The van der Waals surface area contributed by atoms with Crippen LogP contribution in [0.2, 0.25) is 0 Å². The van der Waals surface area contributed by atoms with E-state index in [4.69, 9.17) is 9.47 Å². The minimum Gasteiger partial charge on any atom is -0.460 e. The molecule has 0 aromatic carbocycles. The van der Waals surface area contributed by atoms with Gasteiger partial charge in [0.15, 0.2) is 0 Å². The second-order valence-electron chi connectivity index (χ2n) is 5.47. The molecule has 0 amide bonds. The summed E-state index contributed by atoms with van der Waals surface area (Å²) in [5, 5.41) is 0. The minimum absolute atomic E-state index is 0. The molecule has 0 saturated carbocycles. The van der Waals surface area contributed by atoms with E-state index in [1.807, 2.05) is 74.1 Å². The standard InChI is InChI=1S/C15H28N2O3.3C2H6.CH4.H2/c1-7-16-13(2)17(11-12-19-6)10-8-9-14(18)20-15(3,4)5;3*1-2;;/h7H,2,8-12H2,1,3-6H3;3*1-2H3;1H4;1H/b16-7+;;;;;. The fourth-order valence-electron chi connectivity index (χ4n) is 1.61. The van der Waals surface area contributed by atoms with E-state index in [1.54, 1.807) is 13.3 Å². The van der Waals surface area contributed by atoms with Gasteiger partial charge in [-0.05, 0) is 34.1 Å². The molecule has 0 fully saturated rings. The smallest absolute Gasteiger partial charge is 0.306 e. The second-order valence-corrected chi connectivity index (χ2v) is 5.47. The van der Waals surface area contributed by atoms with Gasteiger partial charge in [-0.2, -0.15) is 0 Å². The van der Waals surface area contributed by atoms with Crippen molar-refractivity contribution >= 4 is 12.2 Å². The molecule has 0 bridgehead atoms. The molecule has 27 heavy (non-hydrogen) atoms. The number of carbonyl (C=O) groups excluding carboxylic acids is 1. The van der Waals surface area contributed by atoms with E-state index >= 15 is 0 Å². The monoisotopic (exact) mass is 392 g/mol. The summed E-state index contributed by atoms with van der Waals surface area (Å²) in [5.74, 6) is 0.516. The third-order valence-corrected chi connectivity index (χ3v) is 2.44. The summed E-state index contributed by atoms with van der Waals surface area (Å²) in [4.78, 5) is 17.8. The van der Waals surface area contributed by atoms with Crippen LogP contribution in [-0.4, -0.2) is 49.5 Å². The number of methoxy groups -OCH3 is 1. The quantitative estimate of drug-likeness (QED) is 0.328. The predicted octanol–water partition coefficient (Wildman–Crippen LogP) is 6.58. The Balaban J connectivity index is -0.000000137. The number of rotatable bonds is 9. The van der Waals surface area contributed by atoms with Crippen molar-refractivity contribution in [1.29, 1.82) is 0 Å². The average Bonchev–Trinajstić information content (AvgIpc) is 2.61. The van der Waals surface area contributed by atoms with Gasteiger partial charge in [0.1, 0.15) is 11.4 Å². The highest BCUT2D eigenvalue weighted by Crippen LogP contribution is 2.10. The summed E-state index contributed by atoms with van der Waals surface area (Å²) in [7, 11) is 1.66. The Bertz CT molecular complexity index is 341. The lowest BCUT2D eigenvalue weighted by Crippen LogP contribution is -2.28. The van der Waals surface area contributed by atoms with E-state index in [1.165, 1.54) is 0 Å². The third kappa shape index (κ3) is 29.6. The molecule has 0 aliphatic heterocycles. The molecule has 0 heterocycles. The average molecular weight is 393 g/mol. The van der Waals surface area contributed by atoms with Gasteiger partial charge in [-0.15, -0.1) is 0 Å². The molecule has 0 aliphatic carbocycles. The summed E-state index contributed by atoms with van der Waals surface area (Å²) in [6.07, 6.45) is 2.80. The molecule has 0 aromatic rings. The molecule has 0 N–H and O–H groups in total. The molecule has 0 aliphatic rings. The van der Waals surface area contributed by atoms with Crippen molar-refractivity contribution in [2.75, 3.05) is 26.8 Å². The summed E-state index contributed by atoms with van der Waals surface area (Å²) in [5.41, 5.74) is -0.428. The van der Waals surface area contributed by atoms with E-state index in [-0.39, 0.29) is 14.8 Å². The van der Waals surface area contributed by atoms with Gasteiger partial charge < -0.3 is 14.4 Å². The molecule has 0 unspecified atom stereocenters. The minimum atomic E-state index is -0.428. The van der Waals surface area contributed by atoms with Crippen molar-refractivity contribution in [1.82, 2.24) is 4.90 Å². The maximum absolute atomic E-state index is 11.6. The van der Waals surface area contributed by atoms with Crippen LogP contribution in [0.4, 0.5) is 0 Å². The van der Waals surface area contributed by atoms with Crippen LogP contribution in [0.25, 0.3) is 0 Å². The first kappa shape index (κ1) is 36.5. The Morgan fingerprint density at radius 2 is 1.59 bits per heavy atom. The Morgan fingerprint density at radius 1 is 1.11 bits per heavy atom. The summed E-state index contributed by atoms with van der Waals surface area (Å²) in [6.45, 7) is 25.4. The van der Waals surface area contributed by atoms with Gasteiger partial charge in [0.2, 0.25) is 0 Å². The Morgan fingerprint density at radius 3 is 1.96 bits per heavy atom. The van der Waals surface area contributed by atoms with Crippen LogP contribution in [0.15, 0.2) is 17.4 Å². The second kappa shape index (κ2) is 26.9. The fraction of sp³-hybridized carbons (Fsp3) is 0.818. The van der Waals surface area contributed by atoms with Gasteiger partial charge in [0, 0.05) is 34.3 Å². The number of hydrogen-bond acceptors (Lipinski definition) is 5. The first-order valence-electron chi connectivity index (χ1n) is 9.93. The highest BCUT2D eigenvalue weighted by molar-refractivity contribution is 5.69. The summed E-state index contributed by atoms with van der Waals surface area (Å²) < 4.78 is 10.3. The van der Waals surface area contributed by atoms with Crippen LogP contribution in [-0.2, 0) is 14.3 Å². The Kier molecular flexibility index (Phi) is 36.4. The Hall–Kier alpha value is -1.36. The molecule has 0 rings (SSSR count). The normalized spacial score (nSPS) is 9.30. The van der Waals surface area contributed by atoms with Crippen LogP contribution < -0.4 is 0 Å². The zero-order chi connectivity index (χ0) is 21.6. The van der Waals surface area contributed by atoms with Crippen LogP contribution in [0.5, 0.6) is 0 Å². The number of esters is 1. The molecular formula is C22H52N2O3. The SMILES string of the molecule is C.C=C(/N=C/C)N(CCCC(=O)OC(C)(C)C)CCOC.CC.CC.CC.[HH]. The van der Waals surface area contributed by atoms with E-state index in [0.717, 1.165) is 0 Å². The number of hydrogen-bond donors (Lipinski definition) is 0. The third-order valence-electron chi connectivity index (χ3n) is 2.44. The summed E-state index contributed by atoms with van der Waals surface area (Å²) >= 11 is 0. The molecule has 0 saturated heterocycles. The largest absolute Gasteiger partial charge is 0.460 e. The topological polar surface area (TPSA) is 51.1 Å². The van der Waals surface area contributed by atoms with E-state index in [2.05, 4.69) is 11.6 Å². The Labute approximate surface area is 172 Å². The number of aliphatic imine (C=N–C) groups is 1. The van der Waals surface area contributed by atoms with Gasteiger partial charge >= 0.3 is 5.97 Å². The highest BCUT2D eigenvalue weighted by Gasteiger charge is 2.16. The molecule has 0 spiro atoms. The van der Waals surface area contributed by atoms with Crippen molar-refractivity contribution in [2.24, 2.45) is 4.99 Å². The molecule has 0 atom stereocenters. The molecule has 168 valence electrons. The van der Waals surface area contributed by atoms with E-state index in [9.17, 15) is 4.79 Å². The predicted molar refractivity (Wildman–Crippen MR) is 125 cm³/mol. The summed E-state index contributed by atoms with van der Waals surface area (Å²) in [6, 6.07) is 0. The van der Waals surface area contributed by atoms with Crippen LogP contribution in [0.3, 0.4) is 0 Å². The molecule has 5 nitrogen and oxygen atoms in total. The molecular weight excluding hydrogens is 340 g/mol. The fourth-order valence-corrected chi connectivity index (χ4v) is 1.61. The lowest BCUT2D eigenvalue weighted by atomic mass is 10.2. The zero-order valence-corrected chi connectivity index (χ0v) is 19.4. The van der Waals surface area contributed by atoms with Gasteiger partial charge in [0.25, 0.3) is 0 Å². The van der Waals surface area contributed by atoms with Crippen LogP contribution >= 0.6 is 0 Å². The lowest BCUT2D eigenvalue weighted by Gasteiger charge is -2.24. The van der Waals surface area contributed by atoms with Gasteiger partial charge in [-0.3, -0.25) is 4.79 Å². The molecule has 5 heteroatoms. The first-order valence-corrected chi connectivity index (χ1v) is 9.93. The van der Waals surface area contributed by atoms with Crippen LogP contribution in [0.1, 0.15) is 90.9 Å². The lowest BCUT2D eigenvalue weighted by molar-refractivity contribution is -0.154. The van der Waals surface area contributed by atoms with Crippen molar-refractivity contribution < 1.29 is 15.7 Å². The van der Waals surface area contributed by atoms with Crippen LogP contribution in [0, 0.1) is 0 Å². The first-order chi connectivity index (χ1) is 12.3. The van der Waals surface area contributed by atoms with Crippen molar-refractivity contribution in [2.45, 2.75) is 95.1 Å². The van der Waals surface area contributed by atoms with E-state index < -0.39 is 5.60 Å². The maximum Gasteiger partial charge on any atom is 0.306 e. The molecule has 0 radical (unpaired) electrons. The highest BCUT2D eigenvalue weighted by atomic mass is 16.6. The van der Waals surface area contributed by atoms with Crippen molar-refractivity contribution in [3.8, 4) is 0 Å². The zero-order valence-electron chi connectivity index (χ0n) is 19.4. The van der Waals surface area contributed by atoms with E-state index in [0.29, 0.717) is 38.4 Å². The van der Waals surface area contributed by atoms with Crippen molar-refractivity contribution in [3.63, 3.8) is 0 Å². The van der Waals surface area contributed by atoms with Crippen molar-refractivity contribution in [3.05, 3.63) is 12.4 Å². The van der Waals surface area contributed by atoms with Gasteiger partial charge in [0.05, 0.1) is 6.61 Å². The molecule has 0 aromatic heterocycles. The number of nitrogens with zero attached hydrogens (tertiary/aromatic N) is 2. The number of carbonyl (C=O) groups is 1. The number of ether oxygens (including phenoxy) is 2. The van der Waals surface area contributed by atoms with Gasteiger partial charge in [-0.25, -0.2) is 4.99 Å².